The van der Waals surface area contributed by atoms with Gasteiger partial charge in [0.25, 0.3) is 0 Å². The lowest BCUT2D eigenvalue weighted by molar-refractivity contribution is 0.0698. The zero-order valence-corrected chi connectivity index (χ0v) is 9.07. The number of alkyl halides is 1. The van der Waals surface area contributed by atoms with E-state index in [0.29, 0.717) is 18.6 Å². The van der Waals surface area contributed by atoms with Gasteiger partial charge in [0.15, 0.2) is 0 Å². The van der Waals surface area contributed by atoms with Gasteiger partial charge >= 0.3 is 0 Å². The Kier molecular flexibility index (Phi) is 9.53. The fourth-order valence-electron chi connectivity index (χ4n) is 1.19. The molecule has 12 heavy (non-hydrogen) atoms. The van der Waals surface area contributed by atoms with Crippen molar-refractivity contribution in [1.82, 2.24) is 0 Å². The third kappa shape index (κ3) is 8.35. The third-order valence-electron chi connectivity index (χ3n) is 1.94. The van der Waals surface area contributed by atoms with Gasteiger partial charge in [0.1, 0.15) is 0 Å². The van der Waals surface area contributed by atoms with Gasteiger partial charge < -0.3 is 4.74 Å². The molecular formula is C10H21ClO. The highest BCUT2D eigenvalue weighted by Gasteiger charge is 2.00. The van der Waals surface area contributed by atoms with Crippen molar-refractivity contribution in [1.29, 1.82) is 0 Å². The van der Waals surface area contributed by atoms with Crippen molar-refractivity contribution in [2.24, 2.45) is 0 Å². The van der Waals surface area contributed by atoms with Crippen LogP contribution in [0.15, 0.2) is 0 Å². The minimum absolute atomic E-state index is 0.389. The second-order valence-electron chi connectivity index (χ2n) is 3.22. The summed E-state index contributed by atoms with van der Waals surface area (Å²) >= 11 is 5.50. The van der Waals surface area contributed by atoms with Crippen LogP contribution in [0.1, 0.15) is 46.0 Å². The molecular weight excluding hydrogens is 172 g/mol. The molecule has 0 aliphatic carbocycles. The van der Waals surface area contributed by atoms with E-state index in [1.165, 1.54) is 32.1 Å². The van der Waals surface area contributed by atoms with Gasteiger partial charge in [-0.25, -0.2) is 0 Å². The largest absolute Gasteiger partial charge is 0.377 e. The molecule has 0 spiro atoms. The van der Waals surface area contributed by atoms with Crippen molar-refractivity contribution in [2.75, 3.05) is 12.5 Å². The van der Waals surface area contributed by atoms with Crippen LogP contribution in [-0.2, 0) is 4.74 Å². The molecule has 0 unspecified atom stereocenters. The van der Waals surface area contributed by atoms with Gasteiger partial charge in [-0.05, 0) is 13.3 Å². The van der Waals surface area contributed by atoms with Gasteiger partial charge in [-0.15, -0.1) is 11.6 Å². The first-order valence-electron chi connectivity index (χ1n) is 4.98. The fourth-order valence-corrected chi connectivity index (χ4v) is 1.28. The highest BCUT2D eigenvalue weighted by Crippen LogP contribution is 2.07. The highest BCUT2D eigenvalue weighted by atomic mass is 35.5. The van der Waals surface area contributed by atoms with Crippen LogP contribution < -0.4 is 0 Å². The first-order valence-corrected chi connectivity index (χ1v) is 5.52. The van der Waals surface area contributed by atoms with Crippen molar-refractivity contribution < 1.29 is 4.74 Å². The topological polar surface area (TPSA) is 9.23 Å². The molecule has 0 bridgehead atoms. The third-order valence-corrected chi connectivity index (χ3v) is 2.10. The van der Waals surface area contributed by atoms with Gasteiger partial charge in [0, 0.05) is 5.88 Å². The van der Waals surface area contributed by atoms with Crippen molar-refractivity contribution in [3.05, 3.63) is 0 Å². The second kappa shape index (κ2) is 9.34. The number of rotatable bonds is 8. The Morgan fingerprint density at radius 1 is 1.25 bits per heavy atom. The fraction of sp³-hybridized carbons (Fsp3) is 1.00. The Morgan fingerprint density at radius 3 is 2.58 bits per heavy atom. The van der Waals surface area contributed by atoms with Crippen molar-refractivity contribution in [3.8, 4) is 0 Å². The van der Waals surface area contributed by atoms with Gasteiger partial charge in [-0.2, -0.15) is 0 Å². The van der Waals surface area contributed by atoms with Crippen LogP contribution in [0.25, 0.3) is 0 Å². The summed E-state index contributed by atoms with van der Waals surface area (Å²) in [4.78, 5) is 0. The van der Waals surface area contributed by atoms with E-state index in [0.717, 1.165) is 0 Å². The molecule has 0 amide bonds. The molecule has 0 saturated heterocycles. The Bertz CT molecular complexity index is 85.9. The van der Waals surface area contributed by atoms with Crippen LogP contribution in [-0.4, -0.2) is 18.6 Å². The Balaban J connectivity index is 3.02. The Labute approximate surface area is 81.4 Å². The number of ether oxygens (including phenoxy) is 1. The molecule has 0 aliphatic rings. The minimum atomic E-state index is 0.389. The van der Waals surface area contributed by atoms with Gasteiger partial charge in [-0.3, -0.25) is 0 Å². The molecule has 0 aromatic rings. The van der Waals surface area contributed by atoms with E-state index in [4.69, 9.17) is 16.3 Å². The van der Waals surface area contributed by atoms with E-state index in [9.17, 15) is 0 Å². The SMILES string of the molecule is CCCCCC[C@@H](C)OCCCl. The maximum Gasteiger partial charge on any atom is 0.0605 e. The molecule has 2 heteroatoms. The van der Waals surface area contributed by atoms with E-state index in [1.54, 1.807) is 0 Å². The lowest BCUT2D eigenvalue weighted by atomic mass is 10.1. The highest BCUT2D eigenvalue weighted by molar-refractivity contribution is 6.17. The Morgan fingerprint density at radius 2 is 2.00 bits per heavy atom. The standard InChI is InChI=1S/C10H21ClO/c1-3-4-5-6-7-10(2)12-9-8-11/h10H,3-9H2,1-2H3/t10-/m1/s1. The molecule has 0 N–H and O–H groups in total. The zero-order valence-electron chi connectivity index (χ0n) is 8.31. The molecule has 0 saturated carbocycles. The van der Waals surface area contributed by atoms with Crippen LogP contribution in [0.4, 0.5) is 0 Å². The average Bonchev–Trinajstić information content (AvgIpc) is 2.09. The summed E-state index contributed by atoms with van der Waals surface area (Å²) in [6, 6.07) is 0. The van der Waals surface area contributed by atoms with Crippen LogP contribution in [0.3, 0.4) is 0 Å². The molecule has 1 atom stereocenters. The van der Waals surface area contributed by atoms with Crippen molar-refractivity contribution in [2.45, 2.75) is 52.1 Å². The first kappa shape index (κ1) is 12.2. The van der Waals surface area contributed by atoms with E-state index < -0.39 is 0 Å². The van der Waals surface area contributed by atoms with Gasteiger partial charge in [-0.1, -0.05) is 32.6 Å². The molecule has 0 heterocycles. The summed E-state index contributed by atoms with van der Waals surface area (Å²) in [6.07, 6.45) is 6.85. The predicted octanol–water partition coefficient (Wildman–Crippen LogP) is 3.60. The molecule has 0 aromatic carbocycles. The lowest BCUT2D eigenvalue weighted by Gasteiger charge is -2.11. The van der Waals surface area contributed by atoms with Gasteiger partial charge in [0.05, 0.1) is 12.7 Å². The van der Waals surface area contributed by atoms with Crippen LogP contribution in [0, 0.1) is 0 Å². The summed E-state index contributed by atoms with van der Waals surface area (Å²) in [5, 5.41) is 0. The number of hydrogen-bond acceptors (Lipinski definition) is 1. The maximum absolute atomic E-state index is 5.50. The summed E-state index contributed by atoms with van der Waals surface area (Å²) in [5.41, 5.74) is 0. The zero-order chi connectivity index (χ0) is 9.23. The van der Waals surface area contributed by atoms with Crippen molar-refractivity contribution in [3.63, 3.8) is 0 Å². The van der Waals surface area contributed by atoms with Crippen LogP contribution >= 0.6 is 11.6 Å². The van der Waals surface area contributed by atoms with Crippen LogP contribution in [0.5, 0.6) is 0 Å². The molecule has 0 aliphatic heterocycles. The number of halogens is 1. The second-order valence-corrected chi connectivity index (χ2v) is 3.60. The average molecular weight is 193 g/mol. The molecule has 0 aromatic heterocycles. The normalized spacial score (nSPS) is 13.2. The molecule has 0 fully saturated rings. The molecule has 0 radical (unpaired) electrons. The van der Waals surface area contributed by atoms with E-state index in [1.807, 2.05) is 0 Å². The monoisotopic (exact) mass is 192 g/mol. The quantitative estimate of drug-likeness (QED) is 0.422. The summed E-state index contributed by atoms with van der Waals surface area (Å²) < 4.78 is 5.44. The first-order chi connectivity index (χ1) is 5.81. The van der Waals surface area contributed by atoms with Crippen LogP contribution in [0.2, 0.25) is 0 Å². The number of unbranched alkanes of at least 4 members (excludes halogenated alkanes) is 3. The summed E-state index contributed by atoms with van der Waals surface area (Å²) in [7, 11) is 0. The lowest BCUT2D eigenvalue weighted by Crippen LogP contribution is -2.09. The van der Waals surface area contributed by atoms with E-state index in [-0.39, 0.29) is 0 Å². The van der Waals surface area contributed by atoms with E-state index >= 15 is 0 Å². The van der Waals surface area contributed by atoms with Crippen molar-refractivity contribution >= 4 is 11.6 Å². The van der Waals surface area contributed by atoms with Gasteiger partial charge in [0.2, 0.25) is 0 Å². The maximum atomic E-state index is 5.50. The Hall–Kier alpha value is 0.250. The number of hydrogen-bond donors (Lipinski definition) is 0. The molecule has 1 nitrogen and oxygen atoms in total. The predicted molar refractivity (Wildman–Crippen MR) is 54.9 cm³/mol. The molecule has 74 valence electrons. The summed E-state index contributed by atoms with van der Waals surface area (Å²) in [6.45, 7) is 5.04. The molecule has 0 rings (SSSR count). The minimum Gasteiger partial charge on any atom is -0.377 e. The smallest absolute Gasteiger partial charge is 0.0605 e. The van der Waals surface area contributed by atoms with E-state index in [2.05, 4.69) is 13.8 Å². The summed E-state index contributed by atoms with van der Waals surface area (Å²) in [5.74, 6) is 0.610.